The molecule has 3 N–H and O–H groups in total. The Bertz CT molecular complexity index is 802. The molecule has 1 unspecified atom stereocenters. The van der Waals surface area contributed by atoms with Crippen LogP contribution in [0.3, 0.4) is 0 Å². The van der Waals surface area contributed by atoms with Crippen LogP contribution in [-0.4, -0.2) is 49.1 Å². The number of nitrogens with zero attached hydrogens (tertiary/aromatic N) is 2. The number of carboxylic acid groups (broad SMARTS) is 1. The highest BCUT2D eigenvalue weighted by molar-refractivity contribution is 8.15. The van der Waals surface area contributed by atoms with Crippen molar-refractivity contribution in [2.45, 2.75) is 16.6 Å². The summed E-state index contributed by atoms with van der Waals surface area (Å²) in [6, 6.07) is 5.97. The minimum atomic E-state index is -3.49. The van der Waals surface area contributed by atoms with E-state index in [2.05, 4.69) is 20.2 Å². The van der Waals surface area contributed by atoms with Gasteiger partial charge in [-0.05, 0) is 24.7 Å². The van der Waals surface area contributed by atoms with E-state index in [1.54, 1.807) is 12.1 Å². The molecule has 24 heavy (non-hydrogen) atoms. The molecule has 0 aliphatic carbocycles. The molecule has 1 saturated heterocycles. The van der Waals surface area contributed by atoms with Crippen LogP contribution in [0.2, 0.25) is 0 Å². The van der Waals surface area contributed by atoms with Crippen LogP contribution in [0.1, 0.15) is 12.0 Å². The van der Waals surface area contributed by atoms with Crippen molar-refractivity contribution in [1.29, 1.82) is 0 Å². The van der Waals surface area contributed by atoms with E-state index >= 15 is 0 Å². The fraction of sp³-hybridized carbons (Fsp3) is 0.231. The molecule has 1 atom stereocenters. The first kappa shape index (κ1) is 18.1. The summed E-state index contributed by atoms with van der Waals surface area (Å²) in [4.78, 5) is 22.3. The number of sulfonamides is 1. The second-order valence-corrected chi connectivity index (χ2v) is 7.70. The van der Waals surface area contributed by atoms with Crippen LogP contribution in [0.25, 0.3) is 0 Å². The van der Waals surface area contributed by atoms with Crippen LogP contribution in [0.5, 0.6) is 0 Å². The van der Waals surface area contributed by atoms with Crippen molar-refractivity contribution in [1.82, 2.24) is 10.0 Å². The van der Waals surface area contributed by atoms with Gasteiger partial charge in [-0.15, -0.1) is 5.10 Å². The van der Waals surface area contributed by atoms with E-state index in [0.717, 1.165) is 11.8 Å². The Labute approximate surface area is 142 Å². The first-order chi connectivity index (χ1) is 11.3. The summed E-state index contributed by atoms with van der Waals surface area (Å²) in [6.07, 6.45) is 1.10. The molecule has 9 nitrogen and oxygen atoms in total. The van der Waals surface area contributed by atoms with Gasteiger partial charge in [-0.3, -0.25) is 9.59 Å². The van der Waals surface area contributed by atoms with Crippen molar-refractivity contribution in [3.8, 4) is 0 Å². The zero-order valence-electron chi connectivity index (χ0n) is 12.5. The average molecular weight is 370 g/mol. The summed E-state index contributed by atoms with van der Waals surface area (Å²) in [6.45, 7) is 0. The quantitative estimate of drug-likeness (QED) is 0.476. The number of aliphatic carboxylic acids is 1. The molecule has 1 aliphatic rings. The zero-order chi connectivity index (χ0) is 17.7. The van der Waals surface area contributed by atoms with Gasteiger partial charge in [-0.1, -0.05) is 23.9 Å². The number of carbonyl (C=O) groups excluding carboxylic acids is 1. The maximum Gasteiger partial charge on any atom is 0.305 e. The molecule has 0 radical (unpaired) electrons. The van der Waals surface area contributed by atoms with Crippen molar-refractivity contribution >= 4 is 45.0 Å². The standard InChI is InChI=1S/C13H14N4O5S2/c1-14-24(21,22)9-4-2-8(3-5-9)7-15-17-13-16-12(20)10(23-13)6-11(18)19/h2-5,7,10,14H,6H2,1H3,(H,18,19)(H,16,17,20). The third-order valence-corrected chi connectivity index (χ3v) is 5.45. The highest BCUT2D eigenvalue weighted by Gasteiger charge is 2.32. The molecule has 128 valence electrons. The predicted octanol–water partition coefficient (Wildman–Crippen LogP) is -0.00910. The number of hydrogen-bond donors (Lipinski definition) is 3. The van der Waals surface area contributed by atoms with E-state index in [-0.39, 0.29) is 16.5 Å². The molecular weight excluding hydrogens is 356 g/mol. The van der Waals surface area contributed by atoms with Gasteiger partial charge in [0.05, 0.1) is 17.5 Å². The minimum absolute atomic E-state index is 0.128. The monoisotopic (exact) mass is 370 g/mol. The molecular formula is C13H14N4O5S2. The number of carbonyl (C=O) groups is 2. The topological polar surface area (TPSA) is 137 Å². The maximum atomic E-state index is 11.6. The lowest BCUT2D eigenvalue weighted by molar-refractivity contribution is -0.138. The number of amidine groups is 1. The minimum Gasteiger partial charge on any atom is -0.481 e. The van der Waals surface area contributed by atoms with Crippen molar-refractivity contribution in [2.24, 2.45) is 10.2 Å². The SMILES string of the molecule is CNS(=O)(=O)c1ccc(C=NN=C2NC(=O)C(CC(=O)O)S2)cc1. The van der Waals surface area contributed by atoms with Crippen LogP contribution >= 0.6 is 11.8 Å². The lowest BCUT2D eigenvalue weighted by Crippen LogP contribution is -2.26. The van der Waals surface area contributed by atoms with Gasteiger partial charge in [0.15, 0.2) is 5.17 Å². The number of carboxylic acids is 1. The first-order valence-electron chi connectivity index (χ1n) is 6.66. The second kappa shape index (κ2) is 7.55. The van der Waals surface area contributed by atoms with Gasteiger partial charge in [0, 0.05) is 0 Å². The molecule has 2 rings (SSSR count). The van der Waals surface area contributed by atoms with Crippen LogP contribution < -0.4 is 10.0 Å². The Balaban J connectivity index is 2.02. The molecule has 11 heteroatoms. The van der Waals surface area contributed by atoms with E-state index in [4.69, 9.17) is 5.11 Å². The Hall–Kier alpha value is -2.24. The summed E-state index contributed by atoms with van der Waals surface area (Å²) in [7, 11) is -2.17. The number of rotatable bonds is 6. The van der Waals surface area contributed by atoms with Gasteiger partial charge in [0.2, 0.25) is 15.9 Å². The largest absolute Gasteiger partial charge is 0.481 e. The summed E-state index contributed by atoms with van der Waals surface area (Å²) in [5.41, 5.74) is 0.616. The summed E-state index contributed by atoms with van der Waals surface area (Å²) in [5, 5.41) is 18.2. The van der Waals surface area contributed by atoms with Crippen LogP contribution in [0.15, 0.2) is 39.4 Å². The van der Waals surface area contributed by atoms with E-state index in [1.807, 2.05) is 0 Å². The van der Waals surface area contributed by atoms with Crippen molar-refractivity contribution in [2.75, 3.05) is 7.05 Å². The van der Waals surface area contributed by atoms with Gasteiger partial charge in [0.25, 0.3) is 0 Å². The van der Waals surface area contributed by atoms with Crippen LogP contribution in [0, 0.1) is 0 Å². The smallest absolute Gasteiger partial charge is 0.305 e. The molecule has 0 aromatic heterocycles. The molecule has 0 bridgehead atoms. The van der Waals surface area contributed by atoms with Gasteiger partial charge in [0.1, 0.15) is 5.25 Å². The molecule has 0 spiro atoms. The highest BCUT2D eigenvalue weighted by atomic mass is 32.2. The van der Waals surface area contributed by atoms with Gasteiger partial charge >= 0.3 is 5.97 Å². The maximum absolute atomic E-state index is 11.6. The third kappa shape index (κ3) is 4.63. The highest BCUT2D eigenvalue weighted by Crippen LogP contribution is 2.22. The predicted molar refractivity (Wildman–Crippen MR) is 89.5 cm³/mol. The zero-order valence-corrected chi connectivity index (χ0v) is 14.1. The van der Waals surface area contributed by atoms with E-state index in [1.165, 1.54) is 25.4 Å². The van der Waals surface area contributed by atoms with E-state index in [0.29, 0.717) is 5.56 Å². The van der Waals surface area contributed by atoms with Gasteiger partial charge in [-0.25, -0.2) is 13.1 Å². The summed E-state index contributed by atoms with van der Waals surface area (Å²) >= 11 is 0.998. The Kier molecular flexibility index (Phi) is 5.70. The van der Waals surface area contributed by atoms with E-state index < -0.39 is 27.1 Å². The first-order valence-corrected chi connectivity index (χ1v) is 9.02. The number of nitrogens with one attached hydrogen (secondary N) is 2. The van der Waals surface area contributed by atoms with Crippen molar-refractivity contribution in [3.05, 3.63) is 29.8 Å². The van der Waals surface area contributed by atoms with Crippen molar-refractivity contribution < 1.29 is 23.1 Å². The lowest BCUT2D eigenvalue weighted by atomic mass is 10.2. The molecule has 1 heterocycles. The molecule has 1 aromatic rings. The van der Waals surface area contributed by atoms with Crippen LogP contribution in [0.4, 0.5) is 0 Å². The fourth-order valence-corrected chi connectivity index (χ4v) is 3.39. The van der Waals surface area contributed by atoms with Gasteiger partial charge < -0.3 is 10.4 Å². The third-order valence-electron chi connectivity index (χ3n) is 2.95. The number of hydrogen-bond acceptors (Lipinski definition) is 7. The van der Waals surface area contributed by atoms with Gasteiger partial charge in [-0.2, -0.15) is 5.10 Å². The molecule has 1 fully saturated rings. The number of amides is 1. The normalized spacial score (nSPS) is 19.8. The number of thioether (sulfide) groups is 1. The molecule has 1 aliphatic heterocycles. The summed E-state index contributed by atoms with van der Waals surface area (Å²) < 4.78 is 25.4. The van der Waals surface area contributed by atoms with Crippen LogP contribution in [-0.2, 0) is 19.6 Å². The Morgan fingerprint density at radius 1 is 1.42 bits per heavy atom. The molecule has 1 amide bonds. The molecule has 1 aromatic carbocycles. The lowest BCUT2D eigenvalue weighted by Gasteiger charge is -2.01. The van der Waals surface area contributed by atoms with Crippen molar-refractivity contribution in [3.63, 3.8) is 0 Å². The Morgan fingerprint density at radius 3 is 2.67 bits per heavy atom. The van der Waals surface area contributed by atoms with E-state index in [9.17, 15) is 18.0 Å². The summed E-state index contributed by atoms with van der Waals surface area (Å²) in [5.74, 6) is -1.48. The Morgan fingerprint density at radius 2 is 2.08 bits per heavy atom. The average Bonchev–Trinajstić information content (AvgIpc) is 2.87. The second-order valence-electron chi connectivity index (χ2n) is 4.62. The fourth-order valence-electron chi connectivity index (χ4n) is 1.74. The molecule has 0 saturated carbocycles. The number of benzene rings is 1.